The second-order valence-electron chi connectivity index (χ2n) is 10.2. The molecule has 0 spiro atoms. The van der Waals surface area contributed by atoms with Crippen LogP contribution >= 0.6 is 11.8 Å². The number of thioether (sulfide) groups is 1. The summed E-state index contributed by atoms with van der Waals surface area (Å²) in [5.41, 5.74) is 1.30. The lowest BCUT2D eigenvalue weighted by Gasteiger charge is -2.14. The van der Waals surface area contributed by atoms with Crippen LogP contribution in [0.15, 0.2) is 46.3 Å². The van der Waals surface area contributed by atoms with Gasteiger partial charge in [-0.25, -0.2) is 4.98 Å². The summed E-state index contributed by atoms with van der Waals surface area (Å²) in [6, 6.07) is 10.9. The number of aromatic nitrogens is 2. The second kappa shape index (κ2) is 14.4. The van der Waals surface area contributed by atoms with Crippen molar-refractivity contribution in [2.24, 2.45) is 0 Å². The van der Waals surface area contributed by atoms with E-state index in [1.807, 2.05) is 24.3 Å². The van der Waals surface area contributed by atoms with Crippen LogP contribution in [0.5, 0.6) is 17.2 Å². The molecule has 1 saturated heterocycles. The van der Waals surface area contributed by atoms with E-state index in [0.29, 0.717) is 66.5 Å². The topological polar surface area (TPSA) is 130 Å². The molecular weight excluding hydrogens is 560 g/mol. The monoisotopic (exact) mass is 596 g/mol. The van der Waals surface area contributed by atoms with Crippen molar-refractivity contribution in [2.45, 2.75) is 62.9 Å². The first-order valence-electron chi connectivity index (χ1n) is 14.2. The normalized spacial score (nSPS) is 15.6. The van der Waals surface area contributed by atoms with Crippen LogP contribution in [0, 0.1) is 0 Å². The number of unbranched alkanes of at least 4 members (excludes halogenated alkanes) is 2. The predicted octanol–water partition coefficient (Wildman–Crippen LogP) is 3.40. The summed E-state index contributed by atoms with van der Waals surface area (Å²) in [6.45, 7) is 2.19. The molecule has 1 atom stereocenters. The third kappa shape index (κ3) is 7.74. The van der Waals surface area contributed by atoms with E-state index in [2.05, 4.69) is 10.6 Å². The van der Waals surface area contributed by atoms with Crippen molar-refractivity contribution in [3.63, 3.8) is 0 Å². The SMILES string of the molecule is COc1ccc(CNC(=O)CCCCCn2c(SCC(=O)NC[C@@H]3CCCO3)nc3cc4c(cc3c2=O)OCO4)cc1. The van der Waals surface area contributed by atoms with Crippen molar-refractivity contribution in [3.8, 4) is 17.2 Å². The molecule has 2 N–H and O–H groups in total. The largest absolute Gasteiger partial charge is 0.497 e. The number of benzene rings is 2. The molecule has 2 aromatic carbocycles. The van der Waals surface area contributed by atoms with E-state index in [-0.39, 0.29) is 36.0 Å². The number of ether oxygens (including phenoxy) is 4. The molecule has 5 rings (SSSR count). The highest BCUT2D eigenvalue weighted by Gasteiger charge is 2.20. The van der Waals surface area contributed by atoms with Crippen molar-refractivity contribution in [1.29, 1.82) is 0 Å². The summed E-state index contributed by atoms with van der Waals surface area (Å²) in [6.07, 6.45) is 4.54. The minimum absolute atomic E-state index is 0.0170. The number of rotatable bonds is 14. The van der Waals surface area contributed by atoms with E-state index < -0.39 is 0 Å². The number of hydrogen-bond acceptors (Lipinski definition) is 9. The first-order valence-corrected chi connectivity index (χ1v) is 15.2. The molecule has 1 aromatic heterocycles. The Bertz CT molecular complexity index is 1450. The number of methoxy groups -OCH3 is 1. The highest BCUT2D eigenvalue weighted by Crippen LogP contribution is 2.35. The summed E-state index contributed by atoms with van der Waals surface area (Å²) in [5, 5.41) is 6.76. The average molecular weight is 597 g/mol. The van der Waals surface area contributed by atoms with Gasteiger partial charge in [-0.05, 0) is 49.4 Å². The summed E-state index contributed by atoms with van der Waals surface area (Å²) in [5.74, 6) is 1.81. The number of nitrogens with one attached hydrogen (secondary N) is 2. The van der Waals surface area contributed by atoms with Gasteiger partial charge in [0, 0.05) is 38.7 Å². The van der Waals surface area contributed by atoms with E-state index >= 15 is 0 Å². The van der Waals surface area contributed by atoms with Crippen LogP contribution in [0.25, 0.3) is 10.9 Å². The van der Waals surface area contributed by atoms with E-state index in [9.17, 15) is 14.4 Å². The smallest absolute Gasteiger partial charge is 0.262 e. The average Bonchev–Trinajstić information content (AvgIpc) is 3.70. The lowest BCUT2D eigenvalue weighted by molar-refractivity contribution is -0.121. The molecule has 2 amide bonds. The molecule has 224 valence electrons. The molecule has 0 saturated carbocycles. The Morgan fingerprint density at radius 1 is 1.07 bits per heavy atom. The molecule has 2 aliphatic rings. The van der Waals surface area contributed by atoms with Crippen LogP contribution in [-0.2, 0) is 27.4 Å². The first-order chi connectivity index (χ1) is 20.5. The third-order valence-electron chi connectivity index (χ3n) is 7.23. The van der Waals surface area contributed by atoms with Gasteiger partial charge in [-0.3, -0.25) is 19.0 Å². The Balaban J connectivity index is 1.16. The van der Waals surface area contributed by atoms with Crippen molar-refractivity contribution in [2.75, 3.05) is 32.8 Å². The van der Waals surface area contributed by atoms with Gasteiger partial charge >= 0.3 is 0 Å². The Labute approximate surface area is 248 Å². The van der Waals surface area contributed by atoms with Gasteiger partial charge in [0.2, 0.25) is 18.6 Å². The summed E-state index contributed by atoms with van der Waals surface area (Å²) in [7, 11) is 1.62. The van der Waals surface area contributed by atoms with Crippen LogP contribution in [0.3, 0.4) is 0 Å². The van der Waals surface area contributed by atoms with Gasteiger partial charge in [-0.2, -0.15) is 0 Å². The molecule has 1 fully saturated rings. The van der Waals surface area contributed by atoms with Crippen LogP contribution in [0.4, 0.5) is 0 Å². The quantitative estimate of drug-likeness (QED) is 0.163. The summed E-state index contributed by atoms with van der Waals surface area (Å²) >= 11 is 1.23. The molecule has 12 heteroatoms. The zero-order chi connectivity index (χ0) is 29.3. The Morgan fingerprint density at radius 2 is 1.88 bits per heavy atom. The number of carbonyl (C=O) groups is 2. The van der Waals surface area contributed by atoms with Crippen LogP contribution in [-0.4, -0.2) is 60.3 Å². The molecule has 0 unspecified atom stereocenters. The molecule has 0 aliphatic carbocycles. The summed E-state index contributed by atoms with van der Waals surface area (Å²) in [4.78, 5) is 43.2. The maximum atomic E-state index is 13.5. The number of nitrogens with zero attached hydrogens (tertiary/aromatic N) is 2. The highest BCUT2D eigenvalue weighted by molar-refractivity contribution is 7.99. The first kappa shape index (κ1) is 29.7. The van der Waals surface area contributed by atoms with Crippen LogP contribution in [0.1, 0.15) is 44.1 Å². The zero-order valence-corrected chi connectivity index (χ0v) is 24.5. The molecular formula is C30H36N4O7S. The Kier molecular flexibility index (Phi) is 10.2. The van der Waals surface area contributed by atoms with Crippen LogP contribution in [0.2, 0.25) is 0 Å². The highest BCUT2D eigenvalue weighted by atomic mass is 32.2. The van der Waals surface area contributed by atoms with E-state index in [1.54, 1.807) is 23.8 Å². The Hall–Kier alpha value is -3.77. The molecule has 0 bridgehead atoms. The lowest BCUT2D eigenvalue weighted by atomic mass is 10.1. The zero-order valence-electron chi connectivity index (χ0n) is 23.7. The van der Waals surface area contributed by atoms with Gasteiger partial charge in [0.05, 0.1) is 29.9 Å². The minimum atomic E-state index is -0.196. The third-order valence-corrected chi connectivity index (χ3v) is 8.21. The minimum Gasteiger partial charge on any atom is -0.497 e. The van der Waals surface area contributed by atoms with Gasteiger partial charge in [0.15, 0.2) is 16.7 Å². The van der Waals surface area contributed by atoms with Crippen molar-refractivity contribution < 1.29 is 28.5 Å². The molecule has 0 radical (unpaired) electrons. The van der Waals surface area contributed by atoms with E-state index in [4.69, 9.17) is 23.9 Å². The van der Waals surface area contributed by atoms with Gasteiger partial charge in [-0.1, -0.05) is 30.3 Å². The fraction of sp³-hybridized carbons (Fsp3) is 0.467. The van der Waals surface area contributed by atoms with Crippen LogP contribution < -0.4 is 30.4 Å². The maximum Gasteiger partial charge on any atom is 0.262 e. The van der Waals surface area contributed by atoms with E-state index in [1.165, 1.54) is 11.8 Å². The van der Waals surface area contributed by atoms with Gasteiger partial charge in [0.1, 0.15) is 5.75 Å². The van der Waals surface area contributed by atoms with Crippen molar-refractivity contribution >= 4 is 34.5 Å². The molecule has 3 aromatic rings. The number of amides is 2. The number of fused-ring (bicyclic) bond motifs is 2. The van der Waals surface area contributed by atoms with Crippen molar-refractivity contribution in [3.05, 3.63) is 52.3 Å². The summed E-state index contributed by atoms with van der Waals surface area (Å²) < 4.78 is 23.3. The molecule has 2 aliphatic heterocycles. The number of carbonyl (C=O) groups excluding carboxylic acids is 2. The fourth-order valence-corrected chi connectivity index (χ4v) is 5.73. The maximum absolute atomic E-state index is 13.5. The van der Waals surface area contributed by atoms with Gasteiger partial charge < -0.3 is 29.6 Å². The fourth-order valence-electron chi connectivity index (χ4n) is 4.88. The Morgan fingerprint density at radius 3 is 2.64 bits per heavy atom. The van der Waals surface area contributed by atoms with E-state index in [0.717, 1.165) is 37.2 Å². The number of hydrogen-bond donors (Lipinski definition) is 2. The predicted molar refractivity (Wildman–Crippen MR) is 158 cm³/mol. The molecule has 3 heterocycles. The molecule has 42 heavy (non-hydrogen) atoms. The lowest BCUT2D eigenvalue weighted by Crippen LogP contribution is -2.33. The second-order valence-corrected chi connectivity index (χ2v) is 11.2. The van der Waals surface area contributed by atoms with Crippen molar-refractivity contribution in [1.82, 2.24) is 20.2 Å². The molecule has 11 nitrogen and oxygen atoms in total. The standard InChI is InChI=1S/C30H36N4O7S/c1-38-21-10-8-20(9-11-21)16-31-27(35)7-3-2-4-12-34-29(37)23-14-25-26(41-19-40-25)15-24(23)33-30(34)42-18-28(36)32-17-22-6-5-13-39-22/h8-11,14-15,22H,2-7,12-13,16-19H2,1H3,(H,31,35)(H,32,36)/t22-/m0/s1. The van der Waals surface area contributed by atoms with Gasteiger partial charge in [-0.15, -0.1) is 0 Å². The van der Waals surface area contributed by atoms with Gasteiger partial charge in [0.25, 0.3) is 5.56 Å².